The molecule has 2 rings (SSSR count). The van der Waals surface area contributed by atoms with Gasteiger partial charge in [-0.1, -0.05) is 31.5 Å². The molecule has 2 N–H and O–H groups in total. The van der Waals surface area contributed by atoms with E-state index in [2.05, 4.69) is 41.8 Å². The van der Waals surface area contributed by atoms with Crippen molar-refractivity contribution in [2.75, 3.05) is 25.0 Å². The van der Waals surface area contributed by atoms with Crippen molar-refractivity contribution >= 4 is 5.69 Å². The Balaban J connectivity index is 1.88. The molecule has 1 aromatic carbocycles. The standard InChI is InChI=1S/C15H24N2/c1-2-6-14-8-3-4-9-15(14)17-12-13-7-5-10-16-11-13/h3-4,8-9,13,16-17H,2,5-7,10-12H2,1H3. The Morgan fingerprint density at radius 2 is 2.24 bits per heavy atom. The minimum Gasteiger partial charge on any atom is -0.384 e. The summed E-state index contributed by atoms with van der Waals surface area (Å²) in [5, 5.41) is 7.10. The van der Waals surface area contributed by atoms with Crippen LogP contribution in [0.25, 0.3) is 0 Å². The zero-order valence-electron chi connectivity index (χ0n) is 10.8. The van der Waals surface area contributed by atoms with E-state index in [1.807, 2.05) is 0 Å². The average Bonchev–Trinajstić information content (AvgIpc) is 2.39. The van der Waals surface area contributed by atoms with Gasteiger partial charge in [0.25, 0.3) is 0 Å². The highest BCUT2D eigenvalue weighted by Gasteiger charge is 2.12. The molecule has 0 aliphatic carbocycles. The van der Waals surface area contributed by atoms with E-state index in [0.29, 0.717) is 0 Å². The van der Waals surface area contributed by atoms with Crippen molar-refractivity contribution in [3.63, 3.8) is 0 Å². The lowest BCUT2D eigenvalue weighted by Gasteiger charge is -2.24. The molecular weight excluding hydrogens is 208 g/mol. The molecule has 1 atom stereocenters. The number of rotatable bonds is 5. The smallest absolute Gasteiger partial charge is 0.0372 e. The summed E-state index contributed by atoms with van der Waals surface area (Å²) in [4.78, 5) is 0. The lowest BCUT2D eigenvalue weighted by atomic mass is 9.99. The summed E-state index contributed by atoms with van der Waals surface area (Å²) in [5.41, 5.74) is 2.79. The van der Waals surface area contributed by atoms with Gasteiger partial charge in [0.15, 0.2) is 0 Å². The van der Waals surface area contributed by atoms with Crippen LogP contribution in [0.4, 0.5) is 5.69 Å². The number of nitrogens with one attached hydrogen (secondary N) is 2. The van der Waals surface area contributed by atoms with Gasteiger partial charge in [-0.25, -0.2) is 0 Å². The predicted octanol–water partition coefficient (Wildman–Crippen LogP) is 3.05. The normalized spacial score (nSPS) is 20.2. The average molecular weight is 232 g/mol. The number of anilines is 1. The molecule has 2 heteroatoms. The summed E-state index contributed by atoms with van der Waals surface area (Å²) in [5.74, 6) is 0.790. The van der Waals surface area contributed by atoms with Crippen LogP contribution < -0.4 is 10.6 Å². The molecule has 1 aliphatic heterocycles. The summed E-state index contributed by atoms with van der Waals surface area (Å²) in [6.45, 7) is 5.71. The molecule has 1 aliphatic rings. The number of piperidine rings is 1. The lowest BCUT2D eigenvalue weighted by Crippen LogP contribution is -2.33. The fourth-order valence-corrected chi connectivity index (χ4v) is 2.53. The molecule has 94 valence electrons. The number of hydrogen-bond acceptors (Lipinski definition) is 2. The maximum absolute atomic E-state index is 3.63. The summed E-state index contributed by atoms with van der Waals surface area (Å²) in [6.07, 6.45) is 5.06. The van der Waals surface area contributed by atoms with E-state index >= 15 is 0 Å². The number of benzene rings is 1. The second-order valence-corrected chi connectivity index (χ2v) is 5.00. The first-order chi connectivity index (χ1) is 8.40. The molecule has 17 heavy (non-hydrogen) atoms. The first kappa shape index (κ1) is 12.4. The Bertz CT molecular complexity index is 329. The molecular formula is C15H24N2. The van der Waals surface area contributed by atoms with Crippen LogP contribution in [0.2, 0.25) is 0 Å². The highest BCUT2D eigenvalue weighted by molar-refractivity contribution is 5.51. The number of aryl methyl sites for hydroxylation is 1. The van der Waals surface area contributed by atoms with E-state index in [9.17, 15) is 0 Å². The minimum atomic E-state index is 0.790. The van der Waals surface area contributed by atoms with Crippen molar-refractivity contribution in [3.05, 3.63) is 29.8 Å². The Morgan fingerprint density at radius 3 is 3.00 bits per heavy atom. The molecule has 1 saturated heterocycles. The third-order valence-electron chi connectivity index (χ3n) is 3.52. The van der Waals surface area contributed by atoms with E-state index in [1.54, 1.807) is 0 Å². The fraction of sp³-hybridized carbons (Fsp3) is 0.600. The zero-order valence-corrected chi connectivity index (χ0v) is 10.8. The van der Waals surface area contributed by atoms with Crippen LogP contribution in [0, 0.1) is 5.92 Å². The van der Waals surface area contributed by atoms with Crippen molar-refractivity contribution in [1.29, 1.82) is 0 Å². The Kier molecular flexibility index (Phi) is 4.87. The molecule has 0 bridgehead atoms. The van der Waals surface area contributed by atoms with Gasteiger partial charge in [0.2, 0.25) is 0 Å². The summed E-state index contributed by atoms with van der Waals surface area (Å²) in [7, 11) is 0. The van der Waals surface area contributed by atoms with Crippen LogP contribution in [-0.4, -0.2) is 19.6 Å². The Labute approximate surface area is 105 Å². The van der Waals surface area contributed by atoms with E-state index in [4.69, 9.17) is 0 Å². The van der Waals surface area contributed by atoms with Gasteiger partial charge in [-0.05, 0) is 49.9 Å². The van der Waals surface area contributed by atoms with Gasteiger partial charge in [0.05, 0.1) is 0 Å². The van der Waals surface area contributed by atoms with Crippen LogP contribution >= 0.6 is 0 Å². The second kappa shape index (κ2) is 6.65. The third kappa shape index (κ3) is 3.74. The summed E-state index contributed by atoms with van der Waals surface area (Å²) < 4.78 is 0. The van der Waals surface area contributed by atoms with E-state index in [-0.39, 0.29) is 0 Å². The number of hydrogen-bond donors (Lipinski definition) is 2. The van der Waals surface area contributed by atoms with E-state index < -0.39 is 0 Å². The Morgan fingerprint density at radius 1 is 1.35 bits per heavy atom. The first-order valence-corrected chi connectivity index (χ1v) is 6.92. The van der Waals surface area contributed by atoms with Gasteiger partial charge < -0.3 is 10.6 Å². The van der Waals surface area contributed by atoms with Gasteiger partial charge in [-0.2, -0.15) is 0 Å². The van der Waals surface area contributed by atoms with Gasteiger partial charge in [0, 0.05) is 12.2 Å². The van der Waals surface area contributed by atoms with Gasteiger partial charge >= 0.3 is 0 Å². The van der Waals surface area contributed by atoms with Gasteiger partial charge in [-0.3, -0.25) is 0 Å². The van der Waals surface area contributed by atoms with Crippen LogP contribution in [0.3, 0.4) is 0 Å². The molecule has 0 amide bonds. The zero-order chi connectivity index (χ0) is 11.9. The predicted molar refractivity (Wildman–Crippen MR) is 74.5 cm³/mol. The van der Waals surface area contributed by atoms with E-state index in [0.717, 1.165) is 12.5 Å². The number of para-hydroxylation sites is 1. The molecule has 2 nitrogen and oxygen atoms in total. The minimum absolute atomic E-state index is 0.790. The van der Waals surface area contributed by atoms with Crippen LogP contribution in [0.5, 0.6) is 0 Å². The van der Waals surface area contributed by atoms with Gasteiger partial charge in [0.1, 0.15) is 0 Å². The summed E-state index contributed by atoms with van der Waals surface area (Å²) in [6, 6.07) is 8.71. The molecule has 0 radical (unpaired) electrons. The van der Waals surface area contributed by atoms with Crippen molar-refractivity contribution in [1.82, 2.24) is 5.32 Å². The van der Waals surface area contributed by atoms with Crippen LogP contribution in [0.15, 0.2) is 24.3 Å². The lowest BCUT2D eigenvalue weighted by molar-refractivity contribution is 0.393. The SMILES string of the molecule is CCCc1ccccc1NCC1CCCNC1. The van der Waals surface area contributed by atoms with Crippen molar-refractivity contribution < 1.29 is 0 Å². The fourth-order valence-electron chi connectivity index (χ4n) is 2.53. The first-order valence-electron chi connectivity index (χ1n) is 6.92. The van der Waals surface area contributed by atoms with Gasteiger partial charge in [-0.15, -0.1) is 0 Å². The molecule has 1 fully saturated rings. The quantitative estimate of drug-likeness (QED) is 0.815. The van der Waals surface area contributed by atoms with Crippen LogP contribution in [-0.2, 0) is 6.42 Å². The topological polar surface area (TPSA) is 24.1 Å². The van der Waals surface area contributed by atoms with Crippen molar-refractivity contribution in [3.8, 4) is 0 Å². The second-order valence-electron chi connectivity index (χ2n) is 5.00. The summed E-state index contributed by atoms with van der Waals surface area (Å²) >= 11 is 0. The van der Waals surface area contributed by atoms with Crippen molar-refractivity contribution in [2.45, 2.75) is 32.6 Å². The molecule has 1 unspecified atom stereocenters. The highest BCUT2D eigenvalue weighted by atomic mass is 14.9. The molecule has 0 aromatic heterocycles. The third-order valence-corrected chi connectivity index (χ3v) is 3.52. The molecule has 0 saturated carbocycles. The van der Waals surface area contributed by atoms with Crippen molar-refractivity contribution in [2.24, 2.45) is 5.92 Å². The monoisotopic (exact) mass is 232 g/mol. The highest BCUT2D eigenvalue weighted by Crippen LogP contribution is 2.18. The Hall–Kier alpha value is -1.02. The maximum Gasteiger partial charge on any atom is 0.0372 e. The van der Waals surface area contributed by atoms with Crippen LogP contribution in [0.1, 0.15) is 31.7 Å². The molecule has 0 spiro atoms. The molecule has 1 heterocycles. The molecule has 1 aromatic rings. The largest absolute Gasteiger partial charge is 0.384 e. The maximum atomic E-state index is 3.63. The van der Waals surface area contributed by atoms with E-state index in [1.165, 1.54) is 50.0 Å².